The number of nitrogens with zero attached hydrogens (tertiary/aromatic N) is 7. The zero-order chi connectivity index (χ0) is 27.0. The number of nitriles is 1. The Morgan fingerprint density at radius 2 is 2.08 bits per heavy atom. The molecule has 2 aromatic heterocycles. The fraction of sp³-hybridized carbons (Fsp3) is 0.462. The van der Waals surface area contributed by atoms with Crippen LogP contribution in [0.15, 0.2) is 41.2 Å². The lowest BCUT2D eigenvalue weighted by molar-refractivity contribution is 0.0197. The van der Waals surface area contributed by atoms with Gasteiger partial charge in [-0.05, 0) is 58.2 Å². The van der Waals surface area contributed by atoms with E-state index in [9.17, 15) is 14.0 Å². The normalized spacial score (nSPS) is 19.3. The van der Waals surface area contributed by atoms with Gasteiger partial charge in [0.2, 0.25) is 0 Å². The smallest absolute Gasteiger partial charge is 0.410 e. The van der Waals surface area contributed by atoms with Crippen LogP contribution >= 0.6 is 0 Å². The molecule has 0 bridgehead atoms. The van der Waals surface area contributed by atoms with Crippen LogP contribution in [0.5, 0.6) is 0 Å². The van der Waals surface area contributed by atoms with E-state index in [0.29, 0.717) is 13.0 Å². The molecule has 1 saturated heterocycles. The fourth-order valence-corrected chi connectivity index (χ4v) is 4.73. The zero-order valence-electron chi connectivity index (χ0n) is 21.4. The molecule has 38 heavy (non-hydrogen) atoms. The summed E-state index contributed by atoms with van der Waals surface area (Å²) in [5.41, 5.74) is -0.360. The van der Waals surface area contributed by atoms with Crippen molar-refractivity contribution in [3.8, 4) is 17.4 Å². The summed E-state index contributed by atoms with van der Waals surface area (Å²) < 4.78 is 27.4. The Bertz CT molecular complexity index is 1370. The summed E-state index contributed by atoms with van der Waals surface area (Å²) in [6.45, 7) is 6.10. The topological polar surface area (TPSA) is 130 Å². The number of aromatic nitrogens is 4. The summed E-state index contributed by atoms with van der Waals surface area (Å²) >= 11 is 0. The number of rotatable bonds is 6. The number of ether oxygens (including phenoxy) is 1. The van der Waals surface area contributed by atoms with Gasteiger partial charge in [-0.25, -0.2) is 14.2 Å². The van der Waals surface area contributed by atoms with Crippen LogP contribution in [0.1, 0.15) is 56.3 Å². The molecule has 2 aliphatic rings. The monoisotopic (exact) mass is 521 g/mol. The van der Waals surface area contributed by atoms with E-state index in [1.54, 1.807) is 47.6 Å². The van der Waals surface area contributed by atoms with Crippen LogP contribution in [-0.2, 0) is 11.3 Å². The fourth-order valence-electron chi connectivity index (χ4n) is 4.73. The second-order valence-corrected chi connectivity index (χ2v) is 10.6. The first-order valence-corrected chi connectivity index (χ1v) is 12.4. The molecule has 0 N–H and O–H groups in total. The number of oxazole rings is 1. The molecule has 3 heterocycles. The van der Waals surface area contributed by atoms with Crippen molar-refractivity contribution in [2.24, 2.45) is 0 Å². The van der Waals surface area contributed by atoms with Crippen LogP contribution in [0.3, 0.4) is 0 Å². The third kappa shape index (κ3) is 5.37. The molecule has 1 saturated carbocycles. The molecular formula is C26H28FN7O4. The highest BCUT2D eigenvalue weighted by Gasteiger charge is 2.46. The minimum atomic E-state index is -0.675. The summed E-state index contributed by atoms with van der Waals surface area (Å²) in [7, 11) is 0. The Morgan fingerprint density at radius 3 is 2.74 bits per heavy atom. The van der Waals surface area contributed by atoms with Crippen molar-refractivity contribution in [3.05, 3.63) is 54.1 Å². The van der Waals surface area contributed by atoms with Crippen LogP contribution in [0, 0.1) is 17.1 Å². The highest BCUT2D eigenvalue weighted by molar-refractivity contribution is 5.91. The van der Waals surface area contributed by atoms with Gasteiger partial charge in [-0.15, -0.1) is 5.10 Å². The van der Waals surface area contributed by atoms with Gasteiger partial charge in [0.15, 0.2) is 5.76 Å². The molecule has 12 heteroatoms. The van der Waals surface area contributed by atoms with Gasteiger partial charge in [0.1, 0.15) is 11.4 Å². The number of hydrogen-bond acceptors (Lipinski definition) is 8. The minimum absolute atomic E-state index is 0.00731. The Hall–Kier alpha value is -4.27. The average Bonchev–Trinajstić information content (AvgIpc) is 3.25. The molecule has 1 aromatic carbocycles. The molecule has 198 valence electrons. The first-order chi connectivity index (χ1) is 18.1. The predicted octanol–water partition coefficient (Wildman–Crippen LogP) is 3.63. The highest BCUT2D eigenvalue weighted by atomic mass is 19.1. The summed E-state index contributed by atoms with van der Waals surface area (Å²) in [5, 5.41) is 17.0. The van der Waals surface area contributed by atoms with Gasteiger partial charge in [0.25, 0.3) is 5.89 Å². The third-order valence-electron chi connectivity index (χ3n) is 6.51. The predicted molar refractivity (Wildman–Crippen MR) is 131 cm³/mol. The Balaban J connectivity index is 1.39. The van der Waals surface area contributed by atoms with Gasteiger partial charge in [-0.2, -0.15) is 5.26 Å². The second kappa shape index (κ2) is 9.89. The first-order valence-electron chi connectivity index (χ1n) is 12.4. The zero-order valence-corrected chi connectivity index (χ0v) is 21.4. The van der Waals surface area contributed by atoms with Crippen LogP contribution in [0.25, 0.3) is 11.3 Å². The van der Waals surface area contributed by atoms with Crippen molar-refractivity contribution in [2.75, 3.05) is 6.54 Å². The summed E-state index contributed by atoms with van der Waals surface area (Å²) in [5.74, 6) is -1.12. The van der Waals surface area contributed by atoms with E-state index in [1.165, 1.54) is 24.4 Å². The molecule has 0 radical (unpaired) electrons. The maximum absolute atomic E-state index is 14.4. The highest BCUT2D eigenvalue weighted by Crippen LogP contribution is 2.36. The van der Waals surface area contributed by atoms with Gasteiger partial charge in [0.05, 0.1) is 48.2 Å². The lowest BCUT2D eigenvalue weighted by atomic mass is 10.1. The molecule has 2 fully saturated rings. The number of hydrogen-bond donors (Lipinski definition) is 0. The van der Waals surface area contributed by atoms with Crippen molar-refractivity contribution >= 4 is 12.0 Å². The quantitative estimate of drug-likeness (QED) is 0.481. The number of likely N-dealkylation sites (tertiary alicyclic amines) is 1. The van der Waals surface area contributed by atoms with Crippen molar-refractivity contribution in [1.82, 2.24) is 29.8 Å². The van der Waals surface area contributed by atoms with Gasteiger partial charge in [-0.3, -0.25) is 9.48 Å². The largest absolute Gasteiger partial charge is 0.444 e. The second-order valence-electron chi connectivity index (χ2n) is 10.6. The Kier molecular flexibility index (Phi) is 6.60. The van der Waals surface area contributed by atoms with E-state index < -0.39 is 23.4 Å². The summed E-state index contributed by atoms with van der Waals surface area (Å²) in [6.07, 6.45) is 6.28. The van der Waals surface area contributed by atoms with Gasteiger partial charge in [0, 0.05) is 18.8 Å². The Labute approximate surface area is 218 Å². The maximum Gasteiger partial charge on any atom is 0.410 e. The minimum Gasteiger partial charge on any atom is -0.444 e. The van der Waals surface area contributed by atoms with Crippen LogP contribution < -0.4 is 0 Å². The van der Waals surface area contributed by atoms with Crippen molar-refractivity contribution in [3.63, 3.8) is 0 Å². The number of carbonyl (C=O) groups excluding carboxylic acids is 2. The van der Waals surface area contributed by atoms with Crippen molar-refractivity contribution in [2.45, 2.75) is 70.3 Å². The number of amides is 2. The maximum atomic E-state index is 14.4. The lowest BCUT2D eigenvalue weighted by Crippen LogP contribution is -2.45. The van der Waals surface area contributed by atoms with E-state index >= 15 is 0 Å². The van der Waals surface area contributed by atoms with Crippen LogP contribution in [0.4, 0.5) is 9.18 Å². The molecule has 2 atom stereocenters. The Morgan fingerprint density at radius 1 is 1.29 bits per heavy atom. The molecule has 3 aromatic rings. The third-order valence-corrected chi connectivity index (χ3v) is 6.51. The van der Waals surface area contributed by atoms with Gasteiger partial charge in [-0.1, -0.05) is 5.21 Å². The first kappa shape index (κ1) is 25.4. The van der Waals surface area contributed by atoms with E-state index in [1.807, 2.05) is 6.07 Å². The van der Waals surface area contributed by atoms with E-state index in [2.05, 4.69) is 15.3 Å². The molecule has 1 aliphatic heterocycles. The number of carbonyl (C=O) groups is 2. The average molecular weight is 522 g/mol. The van der Waals surface area contributed by atoms with Crippen LogP contribution in [0.2, 0.25) is 0 Å². The molecule has 11 nitrogen and oxygen atoms in total. The molecular weight excluding hydrogens is 493 g/mol. The molecule has 0 spiro atoms. The SMILES string of the molecule is CC(C)(C)OC(=O)N1C[C@H](N(C(=O)c2ncc(-c3cc(C#N)ccc3F)o2)C2CC2)C[C@H]1Cn1ccnn1. The molecule has 0 unspecified atom stereocenters. The van der Waals surface area contributed by atoms with E-state index in [0.717, 1.165) is 12.8 Å². The van der Waals surface area contributed by atoms with Gasteiger partial charge < -0.3 is 19.0 Å². The van der Waals surface area contributed by atoms with E-state index in [-0.39, 0.29) is 47.4 Å². The lowest BCUT2D eigenvalue weighted by Gasteiger charge is -2.29. The molecule has 5 rings (SSSR count). The summed E-state index contributed by atoms with van der Waals surface area (Å²) in [6, 6.07) is 5.28. The summed E-state index contributed by atoms with van der Waals surface area (Å²) in [4.78, 5) is 34.3. The number of halogens is 1. The standard InChI is InChI=1S/C26H28FN7O4/c1-26(2,3)38-25(36)33-15-19(11-18(33)14-32-9-8-30-31-32)34(17-5-6-17)24(35)23-29-13-22(37-23)20-10-16(12-28)4-7-21(20)27/h4,7-10,13,17-19H,5-6,11,14-15H2,1-3H3/t18-,19+/m0/s1. The molecule has 1 aliphatic carbocycles. The van der Waals surface area contributed by atoms with Crippen molar-refractivity contribution < 1.29 is 23.1 Å². The number of benzene rings is 1. The van der Waals surface area contributed by atoms with Crippen molar-refractivity contribution in [1.29, 1.82) is 5.26 Å². The molecule has 2 amide bonds. The van der Waals surface area contributed by atoms with E-state index in [4.69, 9.17) is 14.4 Å². The van der Waals surface area contributed by atoms with Crippen LogP contribution in [-0.4, -0.2) is 72.0 Å². The van der Waals surface area contributed by atoms with Gasteiger partial charge >= 0.3 is 12.0 Å².